The molecular weight excluding hydrogens is 320 g/mol. The zero-order valence-electron chi connectivity index (χ0n) is 15.2. The molecule has 0 aliphatic rings. The SMILES string of the molecule is C#CCC(CC#CC#C[Si](CC)(CC)CC)(C(=O)OC)C(=O)OC. The van der Waals surface area contributed by atoms with E-state index in [-0.39, 0.29) is 12.8 Å². The standard InChI is InChI=1S/C19H26O4Si/c1-7-14-19(17(20)22-5,18(21)23-6)15-12-11-13-16-24(8-2,9-3)10-4/h1H,8-10,14-15H2,2-6H3. The molecule has 0 unspecified atom stereocenters. The average Bonchev–Trinajstić information content (AvgIpc) is 2.62. The van der Waals surface area contributed by atoms with Gasteiger partial charge in [-0.3, -0.25) is 9.59 Å². The predicted molar refractivity (Wildman–Crippen MR) is 97.3 cm³/mol. The van der Waals surface area contributed by atoms with E-state index in [0.29, 0.717) is 0 Å². The van der Waals surface area contributed by atoms with Crippen LogP contribution in [0.3, 0.4) is 0 Å². The first-order valence-electron chi connectivity index (χ1n) is 8.02. The number of carbonyl (C=O) groups excluding carboxylic acids is 2. The minimum atomic E-state index is -1.60. The van der Waals surface area contributed by atoms with Crippen molar-refractivity contribution in [3.05, 3.63) is 0 Å². The molecule has 0 bridgehead atoms. The number of carbonyl (C=O) groups is 2. The van der Waals surface area contributed by atoms with Crippen molar-refractivity contribution in [2.75, 3.05) is 14.2 Å². The van der Waals surface area contributed by atoms with Gasteiger partial charge in [-0.15, -0.1) is 17.9 Å². The van der Waals surface area contributed by atoms with Crippen LogP contribution in [0, 0.1) is 41.1 Å². The summed E-state index contributed by atoms with van der Waals surface area (Å²) >= 11 is 0. The molecule has 130 valence electrons. The Morgan fingerprint density at radius 1 is 0.958 bits per heavy atom. The first-order valence-corrected chi connectivity index (χ1v) is 10.6. The summed E-state index contributed by atoms with van der Waals surface area (Å²) in [6.45, 7) is 6.48. The van der Waals surface area contributed by atoms with Gasteiger partial charge in [0.25, 0.3) is 0 Å². The Hall–Kier alpha value is -2.16. The third kappa shape index (κ3) is 5.19. The molecule has 0 rings (SSSR count). The van der Waals surface area contributed by atoms with Crippen LogP contribution < -0.4 is 0 Å². The molecule has 0 aliphatic carbocycles. The van der Waals surface area contributed by atoms with Crippen LogP contribution in [0.1, 0.15) is 33.6 Å². The van der Waals surface area contributed by atoms with Crippen molar-refractivity contribution < 1.29 is 19.1 Å². The number of ether oxygens (including phenoxy) is 2. The maximum absolute atomic E-state index is 12.1. The van der Waals surface area contributed by atoms with Crippen molar-refractivity contribution in [1.29, 1.82) is 0 Å². The molecule has 0 aliphatic heterocycles. The van der Waals surface area contributed by atoms with E-state index in [9.17, 15) is 9.59 Å². The van der Waals surface area contributed by atoms with Gasteiger partial charge < -0.3 is 9.47 Å². The molecule has 0 amide bonds. The van der Waals surface area contributed by atoms with E-state index in [1.165, 1.54) is 14.2 Å². The molecule has 4 nitrogen and oxygen atoms in total. The number of hydrogen-bond donors (Lipinski definition) is 0. The highest BCUT2D eigenvalue weighted by Gasteiger charge is 2.47. The first-order chi connectivity index (χ1) is 11.4. The monoisotopic (exact) mass is 346 g/mol. The summed E-state index contributed by atoms with van der Waals surface area (Å²) in [5.41, 5.74) is 1.73. The topological polar surface area (TPSA) is 52.6 Å². The molecule has 0 saturated heterocycles. The van der Waals surface area contributed by atoms with Crippen LogP contribution in [0.4, 0.5) is 0 Å². The van der Waals surface area contributed by atoms with Crippen molar-refractivity contribution >= 4 is 20.0 Å². The molecule has 24 heavy (non-hydrogen) atoms. The maximum Gasteiger partial charge on any atom is 0.325 e. The zero-order valence-corrected chi connectivity index (χ0v) is 16.2. The van der Waals surface area contributed by atoms with Gasteiger partial charge in [0, 0.05) is 12.8 Å². The third-order valence-corrected chi connectivity index (χ3v) is 9.17. The van der Waals surface area contributed by atoms with Crippen LogP contribution in [-0.4, -0.2) is 34.2 Å². The van der Waals surface area contributed by atoms with Crippen LogP contribution in [-0.2, 0) is 19.1 Å². The lowest BCUT2D eigenvalue weighted by atomic mass is 9.81. The Morgan fingerprint density at radius 2 is 1.46 bits per heavy atom. The number of rotatable bonds is 7. The normalized spacial score (nSPS) is 10.3. The van der Waals surface area contributed by atoms with E-state index in [2.05, 4.69) is 50.0 Å². The number of hydrogen-bond acceptors (Lipinski definition) is 4. The third-order valence-electron chi connectivity index (χ3n) is 4.46. The summed E-state index contributed by atoms with van der Waals surface area (Å²) in [5, 5.41) is 0. The fourth-order valence-corrected chi connectivity index (χ4v) is 4.78. The van der Waals surface area contributed by atoms with E-state index in [4.69, 9.17) is 15.9 Å². The quantitative estimate of drug-likeness (QED) is 0.308. The first kappa shape index (κ1) is 21.8. The fraction of sp³-hybridized carbons (Fsp3) is 0.579. The van der Waals surface area contributed by atoms with Crippen LogP contribution in [0.25, 0.3) is 0 Å². The largest absolute Gasteiger partial charge is 0.468 e. The Morgan fingerprint density at radius 3 is 1.83 bits per heavy atom. The average molecular weight is 346 g/mol. The summed E-state index contributed by atoms with van der Waals surface area (Å²) in [5.74, 6) is 9.29. The molecule has 0 atom stereocenters. The van der Waals surface area contributed by atoms with E-state index in [1.54, 1.807) is 0 Å². The Labute approximate surface area is 146 Å². The van der Waals surface area contributed by atoms with Gasteiger partial charge in [-0.2, -0.15) is 0 Å². The highest BCUT2D eigenvalue weighted by Crippen LogP contribution is 2.29. The maximum atomic E-state index is 12.1. The van der Waals surface area contributed by atoms with Crippen molar-refractivity contribution in [1.82, 2.24) is 0 Å². The van der Waals surface area contributed by atoms with E-state index in [0.717, 1.165) is 18.1 Å². The van der Waals surface area contributed by atoms with E-state index < -0.39 is 25.4 Å². The number of terminal acetylenes is 1. The number of methoxy groups -OCH3 is 2. The van der Waals surface area contributed by atoms with Gasteiger partial charge in [0.2, 0.25) is 0 Å². The molecule has 5 heteroatoms. The van der Waals surface area contributed by atoms with Gasteiger partial charge in [0.15, 0.2) is 5.41 Å². The Kier molecular flexibility index (Phi) is 9.63. The van der Waals surface area contributed by atoms with E-state index in [1.807, 2.05) is 0 Å². The van der Waals surface area contributed by atoms with Gasteiger partial charge >= 0.3 is 11.9 Å². The summed E-state index contributed by atoms with van der Waals surface area (Å²) in [6.07, 6.45) is 5.09. The molecular formula is C19H26O4Si. The highest BCUT2D eigenvalue weighted by atomic mass is 28.3. The van der Waals surface area contributed by atoms with Crippen LogP contribution in [0.2, 0.25) is 18.1 Å². The van der Waals surface area contributed by atoms with Crippen molar-refractivity contribution in [3.63, 3.8) is 0 Å². The summed E-state index contributed by atoms with van der Waals surface area (Å²) in [7, 11) is 0.839. The van der Waals surface area contributed by atoms with Gasteiger partial charge in [0.1, 0.15) is 8.07 Å². The molecule has 0 aromatic heterocycles. The van der Waals surface area contributed by atoms with Gasteiger partial charge in [-0.1, -0.05) is 26.7 Å². The Bertz CT molecular complexity index is 579. The van der Waals surface area contributed by atoms with Gasteiger partial charge in [-0.05, 0) is 30.0 Å². The lowest BCUT2D eigenvalue weighted by Gasteiger charge is -2.23. The molecule has 0 spiro atoms. The second kappa shape index (κ2) is 10.6. The highest BCUT2D eigenvalue weighted by molar-refractivity contribution is 6.87. The van der Waals surface area contributed by atoms with Crippen LogP contribution in [0.15, 0.2) is 0 Å². The summed E-state index contributed by atoms with van der Waals surface area (Å²) in [6, 6.07) is 3.25. The lowest BCUT2D eigenvalue weighted by Crippen LogP contribution is -2.40. The lowest BCUT2D eigenvalue weighted by molar-refractivity contribution is -0.168. The molecule has 0 fully saturated rings. The summed E-state index contributed by atoms with van der Waals surface area (Å²) < 4.78 is 9.44. The molecule has 0 aromatic carbocycles. The fourth-order valence-electron chi connectivity index (χ4n) is 2.42. The molecule has 0 heterocycles. The minimum absolute atomic E-state index is 0.0792. The van der Waals surface area contributed by atoms with Crippen molar-refractivity contribution in [2.45, 2.75) is 51.7 Å². The second-order valence-electron chi connectivity index (χ2n) is 5.52. The predicted octanol–water partition coefficient (Wildman–Crippen LogP) is 2.79. The molecule has 0 N–H and O–H groups in total. The van der Waals surface area contributed by atoms with Crippen LogP contribution in [0.5, 0.6) is 0 Å². The number of esters is 2. The summed E-state index contributed by atoms with van der Waals surface area (Å²) in [4.78, 5) is 24.1. The smallest absolute Gasteiger partial charge is 0.325 e. The molecule has 0 aromatic rings. The van der Waals surface area contributed by atoms with Crippen molar-refractivity contribution in [2.24, 2.45) is 5.41 Å². The second-order valence-corrected chi connectivity index (χ2v) is 10.4. The zero-order chi connectivity index (χ0) is 18.6. The minimum Gasteiger partial charge on any atom is -0.468 e. The van der Waals surface area contributed by atoms with Gasteiger partial charge in [-0.25, -0.2) is 0 Å². The van der Waals surface area contributed by atoms with Crippen molar-refractivity contribution in [3.8, 4) is 35.6 Å². The Balaban J connectivity index is 5.50. The molecule has 0 radical (unpaired) electrons. The van der Waals surface area contributed by atoms with Crippen LogP contribution >= 0.6 is 0 Å². The van der Waals surface area contributed by atoms with E-state index >= 15 is 0 Å². The molecule has 0 saturated carbocycles. The van der Waals surface area contributed by atoms with Gasteiger partial charge in [0.05, 0.1) is 14.2 Å².